The SMILES string of the molecule is Cc1ccc2c(c1)CCCN2C(=O)c1ccc(CN2CCCC2=O)cc1. The Balaban J connectivity index is 1.51. The van der Waals surface area contributed by atoms with Gasteiger partial charge in [-0.05, 0) is 55.5 Å². The molecule has 0 radical (unpaired) electrons. The maximum absolute atomic E-state index is 13.0. The summed E-state index contributed by atoms with van der Waals surface area (Å²) in [6.07, 6.45) is 3.63. The van der Waals surface area contributed by atoms with Crippen molar-refractivity contribution in [1.82, 2.24) is 4.90 Å². The molecule has 0 aliphatic carbocycles. The lowest BCUT2D eigenvalue weighted by atomic mass is 9.98. The Hall–Kier alpha value is -2.62. The van der Waals surface area contributed by atoms with E-state index < -0.39 is 0 Å². The molecule has 26 heavy (non-hydrogen) atoms. The number of hydrogen-bond acceptors (Lipinski definition) is 2. The van der Waals surface area contributed by atoms with Gasteiger partial charge in [0.15, 0.2) is 0 Å². The number of amides is 2. The molecule has 0 spiro atoms. The molecule has 4 heteroatoms. The van der Waals surface area contributed by atoms with Gasteiger partial charge in [0.25, 0.3) is 5.91 Å². The number of fused-ring (bicyclic) bond motifs is 1. The van der Waals surface area contributed by atoms with Crippen molar-refractivity contribution in [3.05, 3.63) is 64.7 Å². The van der Waals surface area contributed by atoms with Crippen LogP contribution in [0.5, 0.6) is 0 Å². The van der Waals surface area contributed by atoms with Gasteiger partial charge in [-0.25, -0.2) is 0 Å². The lowest BCUT2D eigenvalue weighted by Gasteiger charge is -2.30. The van der Waals surface area contributed by atoms with E-state index in [1.54, 1.807) is 0 Å². The highest BCUT2D eigenvalue weighted by molar-refractivity contribution is 6.06. The van der Waals surface area contributed by atoms with Crippen LogP contribution in [0.1, 0.15) is 46.3 Å². The monoisotopic (exact) mass is 348 g/mol. The molecule has 2 heterocycles. The number of aryl methyl sites for hydroxylation is 2. The Morgan fingerprint density at radius 3 is 2.50 bits per heavy atom. The number of carbonyl (C=O) groups is 2. The highest BCUT2D eigenvalue weighted by Crippen LogP contribution is 2.29. The van der Waals surface area contributed by atoms with Gasteiger partial charge in [0, 0.05) is 37.3 Å². The van der Waals surface area contributed by atoms with Crippen LogP contribution in [0.25, 0.3) is 0 Å². The number of carbonyl (C=O) groups excluding carboxylic acids is 2. The second kappa shape index (κ2) is 6.94. The lowest BCUT2D eigenvalue weighted by Crippen LogP contribution is -2.35. The summed E-state index contributed by atoms with van der Waals surface area (Å²) in [6.45, 7) is 4.33. The Morgan fingerprint density at radius 2 is 1.77 bits per heavy atom. The summed E-state index contributed by atoms with van der Waals surface area (Å²) in [5, 5.41) is 0. The van der Waals surface area contributed by atoms with Crippen LogP contribution >= 0.6 is 0 Å². The maximum atomic E-state index is 13.0. The third kappa shape index (κ3) is 3.24. The molecule has 0 saturated carbocycles. The molecule has 4 rings (SSSR count). The normalized spacial score (nSPS) is 16.7. The summed E-state index contributed by atoms with van der Waals surface area (Å²) in [7, 11) is 0. The number of hydrogen-bond donors (Lipinski definition) is 0. The summed E-state index contributed by atoms with van der Waals surface area (Å²) >= 11 is 0. The van der Waals surface area contributed by atoms with Gasteiger partial charge in [0.2, 0.25) is 5.91 Å². The van der Waals surface area contributed by atoms with Crippen LogP contribution in [0.4, 0.5) is 5.69 Å². The van der Waals surface area contributed by atoms with Crippen molar-refractivity contribution in [3.63, 3.8) is 0 Å². The topological polar surface area (TPSA) is 40.6 Å². The van der Waals surface area contributed by atoms with Crippen molar-refractivity contribution in [2.75, 3.05) is 18.0 Å². The van der Waals surface area contributed by atoms with Crippen LogP contribution in [0.15, 0.2) is 42.5 Å². The number of benzene rings is 2. The van der Waals surface area contributed by atoms with Gasteiger partial charge in [-0.15, -0.1) is 0 Å². The second-order valence-corrected chi connectivity index (χ2v) is 7.31. The highest BCUT2D eigenvalue weighted by atomic mass is 16.2. The molecule has 1 fully saturated rings. The van der Waals surface area contributed by atoms with E-state index >= 15 is 0 Å². The molecule has 4 nitrogen and oxygen atoms in total. The maximum Gasteiger partial charge on any atom is 0.258 e. The van der Waals surface area contributed by atoms with Crippen LogP contribution in [0, 0.1) is 6.92 Å². The van der Waals surface area contributed by atoms with Gasteiger partial charge in [-0.2, -0.15) is 0 Å². The molecule has 2 amide bonds. The average Bonchev–Trinajstić information content (AvgIpc) is 3.05. The summed E-state index contributed by atoms with van der Waals surface area (Å²) in [4.78, 5) is 28.6. The van der Waals surface area contributed by atoms with E-state index in [4.69, 9.17) is 0 Å². The first-order valence-electron chi connectivity index (χ1n) is 9.40. The molecule has 0 atom stereocenters. The van der Waals surface area contributed by atoms with Gasteiger partial charge < -0.3 is 9.80 Å². The average molecular weight is 348 g/mol. The van der Waals surface area contributed by atoms with Crippen LogP contribution in [-0.2, 0) is 17.8 Å². The fraction of sp³-hybridized carbons (Fsp3) is 0.364. The number of anilines is 1. The van der Waals surface area contributed by atoms with Gasteiger partial charge in [-0.3, -0.25) is 9.59 Å². The predicted octanol–water partition coefficient (Wildman–Crippen LogP) is 3.71. The number of likely N-dealkylation sites (tertiary alicyclic amines) is 1. The van der Waals surface area contributed by atoms with Gasteiger partial charge in [0.05, 0.1) is 0 Å². The molecule has 134 valence electrons. The molecular weight excluding hydrogens is 324 g/mol. The molecule has 2 aromatic carbocycles. The van der Waals surface area contributed by atoms with E-state index in [-0.39, 0.29) is 11.8 Å². The largest absolute Gasteiger partial charge is 0.338 e. The van der Waals surface area contributed by atoms with Crippen molar-refractivity contribution in [3.8, 4) is 0 Å². The summed E-state index contributed by atoms with van der Waals surface area (Å²) in [5.74, 6) is 0.281. The Bertz CT molecular complexity index is 842. The third-order valence-electron chi connectivity index (χ3n) is 5.34. The quantitative estimate of drug-likeness (QED) is 0.848. The molecule has 2 aliphatic heterocycles. The van der Waals surface area contributed by atoms with Crippen molar-refractivity contribution >= 4 is 17.5 Å². The van der Waals surface area contributed by atoms with Crippen LogP contribution in [0.3, 0.4) is 0 Å². The molecule has 0 N–H and O–H groups in total. The minimum absolute atomic E-state index is 0.0543. The number of rotatable bonds is 3. The fourth-order valence-corrected chi connectivity index (χ4v) is 3.94. The highest BCUT2D eigenvalue weighted by Gasteiger charge is 2.24. The minimum atomic E-state index is 0.0543. The standard InChI is InChI=1S/C22H24N2O2/c1-16-6-11-20-19(14-16)4-2-13-24(20)22(26)18-9-7-17(8-10-18)15-23-12-3-5-21(23)25/h6-11,14H,2-5,12-13,15H2,1H3. The van der Waals surface area contributed by atoms with Crippen molar-refractivity contribution in [2.45, 2.75) is 39.2 Å². The van der Waals surface area contributed by atoms with Crippen molar-refractivity contribution in [1.29, 1.82) is 0 Å². The van der Waals surface area contributed by atoms with Gasteiger partial charge >= 0.3 is 0 Å². The molecule has 2 aromatic rings. The minimum Gasteiger partial charge on any atom is -0.338 e. The first-order valence-corrected chi connectivity index (χ1v) is 9.40. The molecule has 1 saturated heterocycles. The zero-order valence-corrected chi connectivity index (χ0v) is 15.2. The molecular formula is C22H24N2O2. The Labute approximate surface area is 154 Å². The van der Waals surface area contributed by atoms with Crippen LogP contribution in [-0.4, -0.2) is 29.8 Å². The summed E-state index contributed by atoms with van der Waals surface area (Å²) in [6, 6.07) is 14.0. The van der Waals surface area contributed by atoms with Crippen LogP contribution < -0.4 is 4.90 Å². The first-order chi connectivity index (χ1) is 12.6. The van der Waals surface area contributed by atoms with E-state index in [0.29, 0.717) is 18.5 Å². The molecule has 2 aliphatic rings. The van der Waals surface area contributed by atoms with E-state index in [2.05, 4.69) is 25.1 Å². The van der Waals surface area contributed by atoms with Gasteiger partial charge in [0.1, 0.15) is 0 Å². The smallest absolute Gasteiger partial charge is 0.258 e. The number of nitrogens with zero attached hydrogens (tertiary/aromatic N) is 2. The van der Waals surface area contributed by atoms with E-state index in [1.165, 1.54) is 11.1 Å². The second-order valence-electron chi connectivity index (χ2n) is 7.31. The molecule has 0 aromatic heterocycles. The predicted molar refractivity (Wildman–Crippen MR) is 102 cm³/mol. The fourth-order valence-electron chi connectivity index (χ4n) is 3.94. The van der Waals surface area contributed by atoms with Crippen LogP contribution in [0.2, 0.25) is 0 Å². The zero-order valence-electron chi connectivity index (χ0n) is 15.2. The van der Waals surface area contributed by atoms with E-state index in [1.807, 2.05) is 34.1 Å². The van der Waals surface area contributed by atoms with E-state index in [0.717, 1.165) is 43.6 Å². The summed E-state index contributed by atoms with van der Waals surface area (Å²) in [5.41, 5.74) is 5.31. The zero-order chi connectivity index (χ0) is 18.1. The lowest BCUT2D eigenvalue weighted by molar-refractivity contribution is -0.128. The summed E-state index contributed by atoms with van der Waals surface area (Å²) < 4.78 is 0. The Kier molecular flexibility index (Phi) is 4.49. The molecule has 0 unspecified atom stereocenters. The van der Waals surface area contributed by atoms with Gasteiger partial charge in [-0.1, -0.05) is 29.8 Å². The van der Waals surface area contributed by atoms with Crippen molar-refractivity contribution < 1.29 is 9.59 Å². The van der Waals surface area contributed by atoms with Crippen molar-refractivity contribution in [2.24, 2.45) is 0 Å². The van der Waals surface area contributed by atoms with E-state index in [9.17, 15) is 9.59 Å². The molecule has 0 bridgehead atoms. The third-order valence-corrected chi connectivity index (χ3v) is 5.34. The first kappa shape index (κ1) is 16.8. The Morgan fingerprint density at radius 1 is 1.00 bits per heavy atom.